The molecule has 0 bridgehead atoms. The van der Waals surface area contributed by atoms with Gasteiger partial charge in [0, 0.05) is 23.3 Å². The van der Waals surface area contributed by atoms with Crippen LogP contribution in [0.25, 0.3) is 0 Å². The Morgan fingerprint density at radius 1 is 1.41 bits per heavy atom. The number of rotatable bonds is 3. The van der Waals surface area contributed by atoms with Crippen LogP contribution in [0.5, 0.6) is 0 Å². The number of carbonyl (C=O) groups excluding carboxylic acids is 1. The Morgan fingerprint density at radius 3 is 2.71 bits per heavy atom. The van der Waals surface area contributed by atoms with Crippen molar-refractivity contribution in [3.05, 3.63) is 0 Å². The van der Waals surface area contributed by atoms with Crippen LogP contribution < -0.4 is 11.1 Å². The van der Waals surface area contributed by atoms with Crippen molar-refractivity contribution in [2.45, 2.75) is 56.2 Å². The van der Waals surface area contributed by atoms with Crippen molar-refractivity contribution in [3.8, 4) is 0 Å². The van der Waals surface area contributed by atoms with Crippen molar-refractivity contribution >= 4 is 17.7 Å². The van der Waals surface area contributed by atoms with Crippen LogP contribution in [-0.2, 0) is 4.79 Å². The van der Waals surface area contributed by atoms with Crippen LogP contribution in [0, 0.1) is 5.92 Å². The molecule has 3 nitrogen and oxygen atoms in total. The van der Waals surface area contributed by atoms with Crippen LogP contribution in [0.3, 0.4) is 0 Å². The molecule has 1 heterocycles. The zero-order valence-electron chi connectivity index (χ0n) is 10.7. The average molecular weight is 256 g/mol. The maximum Gasteiger partial charge on any atom is 0.223 e. The highest BCUT2D eigenvalue weighted by molar-refractivity contribution is 8.00. The third-order valence-corrected chi connectivity index (χ3v) is 5.62. The first-order chi connectivity index (χ1) is 8.09. The smallest absolute Gasteiger partial charge is 0.223 e. The first kappa shape index (κ1) is 13.2. The van der Waals surface area contributed by atoms with Gasteiger partial charge in [-0.1, -0.05) is 0 Å². The van der Waals surface area contributed by atoms with E-state index in [1.54, 1.807) is 0 Å². The molecule has 1 aliphatic carbocycles. The lowest BCUT2D eigenvalue weighted by Gasteiger charge is -2.28. The largest absolute Gasteiger partial charge is 0.354 e. The summed E-state index contributed by atoms with van der Waals surface area (Å²) < 4.78 is 0.279. The van der Waals surface area contributed by atoms with E-state index < -0.39 is 0 Å². The number of thioether (sulfide) groups is 1. The number of amides is 1. The fourth-order valence-corrected chi connectivity index (χ4v) is 4.02. The van der Waals surface area contributed by atoms with E-state index in [2.05, 4.69) is 12.2 Å². The Balaban J connectivity index is 1.73. The van der Waals surface area contributed by atoms with Gasteiger partial charge in [-0.2, -0.15) is 11.8 Å². The number of hydrogen-bond donors (Lipinski definition) is 2. The average Bonchev–Trinajstić information content (AvgIpc) is 2.75. The number of carbonyl (C=O) groups is 1. The minimum atomic E-state index is 0.213. The summed E-state index contributed by atoms with van der Waals surface area (Å²) in [6.45, 7) is 3.10. The first-order valence-electron chi connectivity index (χ1n) is 6.76. The quantitative estimate of drug-likeness (QED) is 0.811. The highest BCUT2D eigenvalue weighted by Gasteiger charge is 2.31. The third kappa shape index (κ3) is 3.62. The Labute approximate surface area is 108 Å². The summed E-state index contributed by atoms with van der Waals surface area (Å²) in [4.78, 5) is 12.0. The molecule has 0 radical (unpaired) electrons. The van der Waals surface area contributed by atoms with Crippen molar-refractivity contribution in [1.82, 2.24) is 5.32 Å². The van der Waals surface area contributed by atoms with E-state index in [9.17, 15) is 4.79 Å². The van der Waals surface area contributed by atoms with Crippen LogP contribution in [0.2, 0.25) is 0 Å². The second-order valence-corrected chi connectivity index (χ2v) is 7.41. The Kier molecular flexibility index (Phi) is 4.36. The van der Waals surface area contributed by atoms with Crippen molar-refractivity contribution in [2.75, 3.05) is 12.3 Å². The number of hydrogen-bond acceptors (Lipinski definition) is 3. The molecule has 1 saturated carbocycles. The molecule has 2 rings (SSSR count). The van der Waals surface area contributed by atoms with Gasteiger partial charge in [-0.05, 0) is 51.2 Å². The molecule has 0 aromatic rings. The van der Waals surface area contributed by atoms with Gasteiger partial charge < -0.3 is 11.1 Å². The molecule has 0 aromatic heterocycles. The van der Waals surface area contributed by atoms with Crippen LogP contribution in [-0.4, -0.2) is 29.0 Å². The fourth-order valence-electron chi connectivity index (χ4n) is 2.78. The lowest BCUT2D eigenvalue weighted by Crippen LogP contribution is -2.41. The predicted molar refractivity (Wildman–Crippen MR) is 73.0 cm³/mol. The highest BCUT2D eigenvalue weighted by atomic mass is 32.2. The molecule has 98 valence electrons. The molecule has 1 amide bonds. The van der Waals surface area contributed by atoms with Crippen LogP contribution >= 0.6 is 11.8 Å². The summed E-state index contributed by atoms with van der Waals surface area (Å²) in [7, 11) is 0. The molecule has 1 saturated heterocycles. The SMILES string of the molecule is CC1(CNC(=O)C2CCC(N)CC2)CCCS1. The van der Waals surface area contributed by atoms with E-state index >= 15 is 0 Å². The van der Waals surface area contributed by atoms with Gasteiger partial charge in [-0.25, -0.2) is 0 Å². The standard InChI is InChI=1S/C13H24N2OS/c1-13(7-2-8-17-13)9-15-12(16)10-3-5-11(14)6-4-10/h10-11H,2-9,14H2,1H3,(H,15,16). The Bertz CT molecular complexity index is 269. The molecule has 1 aliphatic heterocycles. The van der Waals surface area contributed by atoms with Gasteiger partial charge in [0.25, 0.3) is 0 Å². The monoisotopic (exact) mass is 256 g/mol. The summed E-state index contributed by atoms with van der Waals surface area (Å²) >= 11 is 2.00. The van der Waals surface area contributed by atoms with Crippen LogP contribution in [0.4, 0.5) is 0 Å². The number of nitrogens with one attached hydrogen (secondary N) is 1. The molecule has 1 atom stereocenters. The van der Waals surface area contributed by atoms with Crippen LogP contribution in [0.15, 0.2) is 0 Å². The maximum absolute atomic E-state index is 12.0. The normalized spacial score (nSPS) is 38.0. The van der Waals surface area contributed by atoms with E-state index in [0.29, 0.717) is 6.04 Å². The molecule has 2 aliphatic rings. The fraction of sp³-hybridized carbons (Fsp3) is 0.923. The molecule has 17 heavy (non-hydrogen) atoms. The lowest BCUT2D eigenvalue weighted by molar-refractivity contribution is -0.126. The summed E-state index contributed by atoms with van der Waals surface area (Å²) in [5, 5.41) is 3.15. The van der Waals surface area contributed by atoms with Gasteiger partial charge in [-0.3, -0.25) is 4.79 Å². The minimum absolute atomic E-state index is 0.213. The highest BCUT2D eigenvalue weighted by Crippen LogP contribution is 2.37. The van der Waals surface area contributed by atoms with E-state index in [0.717, 1.165) is 32.2 Å². The van der Waals surface area contributed by atoms with E-state index in [-0.39, 0.29) is 16.6 Å². The molecular formula is C13H24N2OS. The summed E-state index contributed by atoms with van der Waals surface area (Å²) in [5.41, 5.74) is 5.86. The van der Waals surface area contributed by atoms with Crippen molar-refractivity contribution in [1.29, 1.82) is 0 Å². The third-order valence-electron chi connectivity index (χ3n) is 4.08. The summed E-state index contributed by atoms with van der Waals surface area (Å²) in [6.07, 6.45) is 6.46. The second kappa shape index (κ2) is 5.61. The Morgan fingerprint density at radius 2 is 2.12 bits per heavy atom. The van der Waals surface area contributed by atoms with E-state index in [1.807, 2.05) is 11.8 Å². The summed E-state index contributed by atoms with van der Waals surface area (Å²) in [5.74, 6) is 1.71. The molecule has 0 spiro atoms. The molecule has 3 N–H and O–H groups in total. The van der Waals surface area contributed by atoms with Gasteiger partial charge in [0.2, 0.25) is 5.91 Å². The van der Waals surface area contributed by atoms with Gasteiger partial charge in [-0.15, -0.1) is 0 Å². The van der Waals surface area contributed by atoms with Gasteiger partial charge in [0.05, 0.1) is 0 Å². The van der Waals surface area contributed by atoms with Crippen LogP contribution in [0.1, 0.15) is 45.4 Å². The molecule has 1 unspecified atom stereocenters. The second-order valence-electron chi connectivity index (χ2n) is 5.73. The molecule has 0 aromatic carbocycles. The zero-order valence-corrected chi connectivity index (χ0v) is 11.5. The first-order valence-corrected chi connectivity index (χ1v) is 7.75. The summed E-state index contributed by atoms with van der Waals surface area (Å²) in [6, 6.07) is 0.321. The zero-order chi connectivity index (χ0) is 12.3. The Hall–Kier alpha value is -0.220. The van der Waals surface area contributed by atoms with Crippen molar-refractivity contribution < 1.29 is 4.79 Å². The van der Waals surface area contributed by atoms with Gasteiger partial charge >= 0.3 is 0 Å². The number of nitrogens with two attached hydrogens (primary N) is 1. The van der Waals surface area contributed by atoms with Crippen molar-refractivity contribution in [3.63, 3.8) is 0 Å². The topological polar surface area (TPSA) is 55.1 Å². The van der Waals surface area contributed by atoms with E-state index in [1.165, 1.54) is 18.6 Å². The molecule has 2 fully saturated rings. The van der Waals surface area contributed by atoms with Gasteiger partial charge in [0.15, 0.2) is 0 Å². The van der Waals surface area contributed by atoms with Crippen molar-refractivity contribution in [2.24, 2.45) is 11.7 Å². The molecule has 4 heteroatoms. The van der Waals surface area contributed by atoms with Gasteiger partial charge in [0.1, 0.15) is 0 Å². The maximum atomic E-state index is 12.0. The lowest BCUT2D eigenvalue weighted by atomic mass is 9.86. The minimum Gasteiger partial charge on any atom is -0.354 e. The predicted octanol–water partition coefficient (Wildman–Crippen LogP) is 1.91. The van der Waals surface area contributed by atoms with E-state index in [4.69, 9.17) is 5.73 Å². The molecular weight excluding hydrogens is 232 g/mol.